The van der Waals surface area contributed by atoms with Crippen LogP contribution in [-0.4, -0.2) is 12.6 Å². The molecule has 2 nitrogen and oxygen atoms in total. The Morgan fingerprint density at radius 1 is 1.40 bits per heavy atom. The topological polar surface area (TPSA) is 26.3 Å². The molecule has 0 amide bonds. The number of carbonyl (C=O) groups is 1. The predicted octanol–water partition coefficient (Wildman–Crippen LogP) is 1.66. The van der Waals surface area contributed by atoms with Gasteiger partial charge in [-0.3, -0.25) is 0 Å². The summed E-state index contributed by atoms with van der Waals surface area (Å²) in [6, 6.07) is 0. The fourth-order valence-electron chi connectivity index (χ4n) is 1.18. The first kappa shape index (κ1) is 7.32. The number of hydrogen-bond acceptors (Lipinski definition) is 2. The average Bonchev–Trinajstić information content (AvgIpc) is 2.30. The first-order valence-corrected chi connectivity index (χ1v) is 3.67. The molecular weight excluding hydrogens is 128 g/mol. The van der Waals surface area contributed by atoms with Crippen LogP contribution in [0, 0.1) is 0 Å². The van der Waals surface area contributed by atoms with Gasteiger partial charge in [-0.1, -0.05) is 13.8 Å². The Morgan fingerprint density at radius 3 is 2.50 bits per heavy atom. The van der Waals surface area contributed by atoms with Crippen molar-refractivity contribution in [2.24, 2.45) is 0 Å². The fourth-order valence-corrected chi connectivity index (χ4v) is 1.18. The van der Waals surface area contributed by atoms with Gasteiger partial charge in [-0.25, -0.2) is 4.79 Å². The Kier molecular flexibility index (Phi) is 2.10. The molecule has 0 aromatic carbocycles. The lowest BCUT2D eigenvalue weighted by molar-refractivity contribution is -0.136. The standard InChI is InChI=1S/C8H12O2/c1-3-6-5-10-8(9)7(6)4-2/h3-5H2,1-2H3. The number of esters is 1. The van der Waals surface area contributed by atoms with Crippen molar-refractivity contribution < 1.29 is 9.53 Å². The molecule has 0 radical (unpaired) electrons. The Morgan fingerprint density at radius 2 is 2.10 bits per heavy atom. The summed E-state index contributed by atoms with van der Waals surface area (Å²) < 4.78 is 4.85. The quantitative estimate of drug-likeness (QED) is 0.545. The number of cyclic esters (lactones) is 1. The Balaban J connectivity index is 2.81. The van der Waals surface area contributed by atoms with Crippen molar-refractivity contribution in [3.05, 3.63) is 11.1 Å². The second-order valence-corrected chi connectivity index (χ2v) is 2.37. The molecule has 0 unspecified atom stereocenters. The second-order valence-electron chi connectivity index (χ2n) is 2.37. The van der Waals surface area contributed by atoms with Gasteiger partial charge in [0.2, 0.25) is 0 Å². The van der Waals surface area contributed by atoms with E-state index in [0.29, 0.717) is 6.61 Å². The van der Waals surface area contributed by atoms with Gasteiger partial charge in [0.1, 0.15) is 6.61 Å². The van der Waals surface area contributed by atoms with Gasteiger partial charge < -0.3 is 4.74 Å². The van der Waals surface area contributed by atoms with E-state index in [1.807, 2.05) is 13.8 Å². The molecule has 10 heavy (non-hydrogen) atoms. The minimum absolute atomic E-state index is 0.112. The summed E-state index contributed by atoms with van der Waals surface area (Å²) in [5, 5.41) is 0. The van der Waals surface area contributed by atoms with Crippen molar-refractivity contribution in [2.45, 2.75) is 26.7 Å². The van der Waals surface area contributed by atoms with E-state index in [9.17, 15) is 4.79 Å². The van der Waals surface area contributed by atoms with Crippen LogP contribution in [0.4, 0.5) is 0 Å². The van der Waals surface area contributed by atoms with E-state index in [1.54, 1.807) is 0 Å². The van der Waals surface area contributed by atoms with Crippen LogP contribution in [0.2, 0.25) is 0 Å². The van der Waals surface area contributed by atoms with Crippen molar-refractivity contribution >= 4 is 5.97 Å². The normalized spacial score (nSPS) is 18.0. The molecular formula is C8H12O2. The third-order valence-corrected chi connectivity index (χ3v) is 1.83. The number of rotatable bonds is 2. The second kappa shape index (κ2) is 2.86. The lowest BCUT2D eigenvalue weighted by atomic mass is 10.1. The van der Waals surface area contributed by atoms with Crippen molar-refractivity contribution in [3.63, 3.8) is 0 Å². The monoisotopic (exact) mass is 140 g/mol. The largest absolute Gasteiger partial charge is 0.458 e. The van der Waals surface area contributed by atoms with E-state index in [1.165, 1.54) is 5.57 Å². The highest BCUT2D eigenvalue weighted by Gasteiger charge is 2.20. The predicted molar refractivity (Wildman–Crippen MR) is 38.6 cm³/mol. The van der Waals surface area contributed by atoms with Gasteiger partial charge in [-0.15, -0.1) is 0 Å². The molecule has 56 valence electrons. The van der Waals surface area contributed by atoms with Crippen LogP contribution < -0.4 is 0 Å². The molecule has 0 fully saturated rings. The molecule has 0 bridgehead atoms. The molecule has 0 spiro atoms. The Bertz CT molecular complexity index is 180. The van der Waals surface area contributed by atoms with Crippen molar-refractivity contribution in [2.75, 3.05) is 6.61 Å². The molecule has 0 aromatic rings. The molecule has 1 heterocycles. The third-order valence-electron chi connectivity index (χ3n) is 1.83. The van der Waals surface area contributed by atoms with Crippen LogP contribution in [0.5, 0.6) is 0 Å². The number of carbonyl (C=O) groups excluding carboxylic acids is 1. The van der Waals surface area contributed by atoms with Gasteiger partial charge >= 0.3 is 5.97 Å². The van der Waals surface area contributed by atoms with E-state index in [-0.39, 0.29) is 5.97 Å². The maximum atomic E-state index is 10.9. The summed E-state index contributed by atoms with van der Waals surface area (Å²) in [6.45, 7) is 4.56. The molecule has 1 aliphatic heterocycles. The van der Waals surface area contributed by atoms with E-state index < -0.39 is 0 Å². The lowest BCUT2D eigenvalue weighted by Gasteiger charge is -1.93. The average molecular weight is 140 g/mol. The summed E-state index contributed by atoms with van der Waals surface area (Å²) in [5.41, 5.74) is 2.06. The van der Waals surface area contributed by atoms with Gasteiger partial charge in [0.25, 0.3) is 0 Å². The SMILES string of the molecule is CCC1=C(CC)C(=O)OC1. The zero-order chi connectivity index (χ0) is 7.56. The fraction of sp³-hybridized carbons (Fsp3) is 0.625. The molecule has 0 N–H and O–H groups in total. The minimum Gasteiger partial charge on any atom is -0.458 e. The highest BCUT2D eigenvalue weighted by atomic mass is 16.5. The molecule has 0 saturated heterocycles. The van der Waals surface area contributed by atoms with Crippen molar-refractivity contribution in [1.29, 1.82) is 0 Å². The van der Waals surface area contributed by atoms with Gasteiger partial charge in [0.05, 0.1) is 0 Å². The molecule has 1 rings (SSSR count). The van der Waals surface area contributed by atoms with Crippen LogP contribution in [0.3, 0.4) is 0 Å². The van der Waals surface area contributed by atoms with Crippen LogP contribution in [0.15, 0.2) is 11.1 Å². The zero-order valence-corrected chi connectivity index (χ0v) is 6.44. The molecule has 0 aliphatic carbocycles. The summed E-state index contributed by atoms with van der Waals surface area (Å²) in [4.78, 5) is 10.9. The van der Waals surface area contributed by atoms with Crippen LogP contribution in [-0.2, 0) is 9.53 Å². The van der Waals surface area contributed by atoms with Gasteiger partial charge in [0, 0.05) is 5.57 Å². The zero-order valence-electron chi connectivity index (χ0n) is 6.44. The minimum atomic E-state index is -0.112. The van der Waals surface area contributed by atoms with Crippen LogP contribution in [0.1, 0.15) is 26.7 Å². The van der Waals surface area contributed by atoms with E-state index in [4.69, 9.17) is 4.74 Å². The number of hydrogen-bond donors (Lipinski definition) is 0. The molecule has 0 aromatic heterocycles. The maximum absolute atomic E-state index is 10.9. The molecule has 0 saturated carbocycles. The smallest absolute Gasteiger partial charge is 0.334 e. The van der Waals surface area contributed by atoms with E-state index in [2.05, 4.69) is 0 Å². The third kappa shape index (κ3) is 1.06. The summed E-state index contributed by atoms with van der Waals surface area (Å²) in [6.07, 6.45) is 1.75. The van der Waals surface area contributed by atoms with Gasteiger partial charge in [-0.05, 0) is 18.4 Å². The van der Waals surface area contributed by atoms with Crippen LogP contribution >= 0.6 is 0 Å². The highest BCUT2D eigenvalue weighted by Crippen LogP contribution is 2.20. The first-order chi connectivity index (χ1) is 4.79. The molecule has 2 heteroatoms. The summed E-state index contributed by atoms with van der Waals surface area (Å²) in [7, 11) is 0. The lowest BCUT2D eigenvalue weighted by Crippen LogP contribution is -1.97. The van der Waals surface area contributed by atoms with E-state index in [0.717, 1.165) is 18.4 Å². The number of ether oxygens (including phenoxy) is 1. The summed E-state index contributed by atoms with van der Waals surface area (Å²) >= 11 is 0. The molecule has 1 aliphatic rings. The van der Waals surface area contributed by atoms with Crippen molar-refractivity contribution in [1.82, 2.24) is 0 Å². The van der Waals surface area contributed by atoms with E-state index >= 15 is 0 Å². The van der Waals surface area contributed by atoms with Crippen LogP contribution in [0.25, 0.3) is 0 Å². The first-order valence-electron chi connectivity index (χ1n) is 3.67. The van der Waals surface area contributed by atoms with Gasteiger partial charge in [0.15, 0.2) is 0 Å². The Labute approximate surface area is 60.9 Å². The summed E-state index contributed by atoms with van der Waals surface area (Å²) in [5.74, 6) is -0.112. The maximum Gasteiger partial charge on any atom is 0.334 e. The molecule has 0 atom stereocenters. The van der Waals surface area contributed by atoms with Crippen molar-refractivity contribution in [3.8, 4) is 0 Å². The van der Waals surface area contributed by atoms with Gasteiger partial charge in [-0.2, -0.15) is 0 Å². The highest BCUT2D eigenvalue weighted by molar-refractivity contribution is 5.91. The Hall–Kier alpha value is -0.790.